The lowest BCUT2D eigenvalue weighted by Gasteiger charge is -2.28. The highest BCUT2D eigenvalue weighted by molar-refractivity contribution is 6.03. The zero-order chi connectivity index (χ0) is 22.7. The number of ether oxygens (including phenoxy) is 4. The lowest BCUT2D eigenvalue weighted by Crippen LogP contribution is -2.36. The van der Waals surface area contributed by atoms with Crippen LogP contribution in [0.2, 0.25) is 0 Å². The van der Waals surface area contributed by atoms with Crippen LogP contribution in [-0.2, 0) is 9.53 Å². The Morgan fingerprint density at radius 3 is 2.16 bits per heavy atom. The van der Waals surface area contributed by atoms with E-state index in [2.05, 4.69) is 34.3 Å². The Balaban J connectivity index is 1.61. The Morgan fingerprint density at radius 1 is 1.00 bits per heavy atom. The van der Waals surface area contributed by atoms with Gasteiger partial charge in [0.15, 0.2) is 11.5 Å². The third-order valence-corrected chi connectivity index (χ3v) is 5.88. The predicted octanol–water partition coefficient (Wildman–Crippen LogP) is 3.25. The summed E-state index contributed by atoms with van der Waals surface area (Å²) < 4.78 is 21.9. The maximum Gasteiger partial charge on any atom is 0.240 e. The number of rotatable bonds is 6. The largest absolute Gasteiger partial charge is 0.493 e. The topological polar surface area (TPSA) is 72.8 Å². The van der Waals surface area contributed by atoms with Crippen LogP contribution in [0, 0.1) is 0 Å². The van der Waals surface area contributed by atoms with Gasteiger partial charge in [-0.2, -0.15) is 5.10 Å². The lowest BCUT2D eigenvalue weighted by molar-refractivity contribution is -0.130. The van der Waals surface area contributed by atoms with Crippen LogP contribution < -0.4 is 19.1 Å². The van der Waals surface area contributed by atoms with Gasteiger partial charge in [0.25, 0.3) is 0 Å². The molecule has 2 aromatic rings. The summed E-state index contributed by atoms with van der Waals surface area (Å²) in [6.45, 7) is 4.80. The molecular formula is C24H29N3O5. The van der Waals surface area contributed by atoms with Crippen molar-refractivity contribution in [2.45, 2.75) is 19.4 Å². The zero-order valence-electron chi connectivity index (χ0n) is 19.0. The fourth-order valence-corrected chi connectivity index (χ4v) is 4.21. The Kier molecular flexibility index (Phi) is 6.50. The number of hydrazone groups is 1. The van der Waals surface area contributed by atoms with Crippen molar-refractivity contribution >= 4 is 17.3 Å². The van der Waals surface area contributed by atoms with Crippen LogP contribution >= 0.6 is 0 Å². The number of methoxy groups -OCH3 is 3. The molecule has 1 amide bonds. The third kappa shape index (κ3) is 4.23. The highest BCUT2D eigenvalue weighted by atomic mass is 16.5. The van der Waals surface area contributed by atoms with E-state index in [-0.39, 0.29) is 11.9 Å². The van der Waals surface area contributed by atoms with Crippen molar-refractivity contribution in [3.8, 4) is 17.2 Å². The third-order valence-electron chi connectivity index (χ3n) is 5.88. The number of carbonyl (C=O) groups excluding carboxylic acids is 1. The molecule has 0 spiro atoms. The van der Waals surface area contributed by atoms with E-state index in [1.54, 1.807) is 21.3 Å². The molecule has 0 radical (unpaired) electrons. The summed E-state index contributed by atoms with van der Waals surface area (Å²) in [5.41, 5.74) is 3.91. The van der Waals surface area contributed by atoms with Crippen LogP contribution in [0.15, 0.2) is 41.5 Å². The first-order valence-corrected chi connectivity index (χ1v) is 10.7. The molecule has 170 valence electrons. The van der Waals surface area contributed by atoms with Gasteiger partial charge in [0.2, 0.25) is 11.7 Å². The summed E-state index contributed by atoms with van der Waals surface area (Å²) in [6.07, 6.45) is 0.592. The van der Waals surface area contributed by atoms with Crippen molar-refractivity contribution in [2.75, 3.05) is 52.5 Å². The fourth-order valence-electron chi connectivity index (χ4n) is 4.21. The summed E-state index contributed by atoms with van der Waals surface area (Å²) in [5, 5.41) is 6.20. The summed E-state index contributed by atoms with van der Waals surface area (Å²) in [6, 6.07) is 11.8. The molecule has 2 heterocycles. The highest BCUT2D eigenvalue weighted by Crippen LogP contribution is 2.43. The number of morpholine rings is 1. The van der Waals surface area contributed by atoms with E-state index < -0.39 is 0 Å². The van der Waals surface area contributed by atoms with Gasteiger partial charge in [-0.1, -0.05) is 12.1 Å². The first-order chi connectivity index (χ1) is 15.5. The molecule has 1 atom stereocenters. The van der Waals surface area contributed by atoms with Crippen LogP contribution in [0.5, 0.6) is 17.2 Å². The number of nitrogens with zero attached hydrogens (tertiary/aromatic N) is 3. The molecule has 0 aromatic heterocycles. The number of anilines is 1. The average Bonchev–Trinajstić information content (AvgIpc) is 3.29. The van der Waals surface area contributed by atoms with E-state index >= 15 is 0 Å². The van der Waals surface area contributed by atoms with Gasteiger partial charge in [0.1, 0.15) is 0 Å². The number of hydrogen-bond acceptors (Lipinski definition) is 7. The normalized spacial score (nSPS) is 18.4. The average molecular weight is 440 g/mol. The molecule has 8 nitrogen and oxygen atoms in total. The molecule has 0 saturated carbocycles. The molecular weight excluding hydrogens is 410 g/mol. The van der Waals surface area contributed by atoms with Gasteiger partial charge < -0.3 is 23.8 Å². The summed E-state index contributed by atoms with van der Waals surface area (Å²) >= 11 is 0. The Morgan fingerprint density at radius 2 is 1.62 bits per heavy atom. The quantitative estimate of drug-likeness (QED) is 0.688. The molecule has 1 unspecified atom stereocenters. The molecule has 2 aromatic carbocycles. The van der Waals surface area contributed by atoms with Crippen LogP contribution in [0.3, 0.4) is 0 Å². The summed E-state index contributed by atoms with van der Waals surface area (Å²) in [7, 11) is 4.73. The SMILES string of the molecule is COc1cc(C2CC(c3ccc(N4CCOCC4)cc3)=NN2C(C)=O)cc(OC)c1OC. The second-order valence-electron chi connectivity index (χ2n) is 7.74. The second kappa shape index (κ2) is 9.48. The predicted molar refractivity (Wildman–Crippen MR) is 122 cm³/mol. The summed E-state index contributed by atoms with van der Waals surface area (Å²) in [5.74, 6) is 1.50. The van der Waals surface area contributed by atoms with Gasteiger partial charge in [-0.05, 0) is 35.4 Å². The zero-order valence-corrected chi connectivity index (χ0v) is 19.0. The molecule has 2 aliphatic rings. The van der Waals surface area contributed by atoms with Gasteiger partial charge in [0.05, 0.1) is 46.3 Å². The van der Waals surface area contributed by atoms with Gasteiger partial charge in [-0.25, -0.2) is 5.01 Å². The minimum atomic E-state index is -0.255. The highest BCUT2D eigenvalue weighted by Gasteiger charge is 2.33. The van der Waals surface area contributed by atoms with Crippen molar-refractivity contribution in [2.24, 2.45) is 5.10 Å². The van der Waals surface area contributed by atoms with Crippen molar-refractivity contribution in [3.05, 3.63) is 47.5 Å². The lowest BCUT2D eigenvalue weighted by atomic mass is 9.97. The van der Waals surface area contributed by atoms with Gasteiger partial charge in [0, 0.05) is 32.1 Å². The smallest absolute Gasteiger partial charge is 0.240 e. The monoisotopic (exact) mass is 439 g/mol. The van der Waals surface area contributed by atoms with E-state index in [1.165, 1.54) is 17.6 Å². The van der Waals surface area contributed by atoms with Gasteiger partial charge >= 0.3 is 0 Å². The minimum Gasteiger partial charge on any atom is -0.493 e. The number of carbonyl (C=O) groups is 1. The van der Waals surface area contributed by atoms with Crippen LogP contribution in [0.25, 0.3) is 0 Å². The molecule has 0 aliphatic carbocycles. The summed E-state index contributed by atoms with van der Waals surface area (Å²) in [4.78, 5) is 14.7. The maximum atomic E-state index is 12.4. The van der Waals surface area contributed by atoms with Crippen LogP contribution in [0.1, 0.15) is 30.5 Å². The Bertz CT molecular complexity index is 974. The van der Waals surface area contributed by atoms with Crippen LogP contribution in [0.4, 0.5) is 5.69 Å². The van der Waals surface area contributed by atoms with E-state index in [0.717, 1.165) is 43.1 Å². The van der Waals surface area contributed by atoms with E-state index in [9.17, 15) is 4.79 Å². The first-order valence-electron chi connectivity index (χ1n) is 10.7. The minimum absolute atomic E-state index is 0.122. The molecule has 0 bridgehead atoms. The van der Waals surface area contributed by atoms with Gasteiger partial charge in [-0.3, -0.25) is 4.79 Å². The Hall–Kier alpha value is -3.26. The van der Waals surface area contributed by atoms with Crippen molar-refractivity contribution in [1.82, 2.24) is 5.01 Å². The van der Waals surface area contributed by atoms with E-state index in [0.29, 0.717) is 23.7 Å². The molecule has 0 N–H and O–H groups in total. The fraction of sp³-hybridized carbons (Fsp3) is 0.417. The molecule has 32 heavy (non-hydrogen) atoms. The van der Waals surface area contributed by atoms with Gasteiger partial charge in [-0.15, -0.1) is 0 Å². The van der Waals surface area contributed by atoms with E-state index in [4.69, 9.17) is 18.9 Å². The maximum absolute atomic E-state index is 12.4. The molecule has 2 aliphatic heterocycles. The standard InChI is InChI=1S/C24H29N3O5/c1-16(28)27-21(18-13-22(29-2)24(31-4)23(14-18)30-3)15-20(25-27)17-5-7-19(8-6-17)26-9-11-32-12-10-26/h5-8,13-14,21H,9-12,15H2,1-4H3. The Labute approximate surface area is 188 Å². The second-order valence-corrected chi connectivity index (χ2v) is 7.74. The first kappa shape index (κ1) is 22.0. The number of benzene rings is 2. The molecule has 8 heteroatoms. The number of amides is 1. The molecule has 1 saturated heterocycles. The van der Waals surface area contributed by atoms with Crippen molar-refractivity contribution in [3.63, 3.8) is 0 Å². The van der Waals surface area contributed by atoms with Crippen LogP contribution in [-0.4, -0.2) is 64.3 Å². The number of hydrogen-bond donors (Lipinski definition) is 0. The van der Waals surface area contributed by atoms with E-state index in [1.807, 2.05) is 12.1 Å². The van der Waals surface area contributed by atoms with Crippen molar-refractivity contribution < 1.29 is 23.7 Å². The molecule has 4 rings (SSSR count). The molecule has 1 fully saturated rings. The van der Waals surface area contributed by atoms with Crippen molar-refractivity contribution in [1.29, 1.82) is 0 Å².